The number of hydrogen-bond donors (Lipinski definition) is 0. The lowest BCUT2D eigenvalue weighted by atomic mass is 9.71. The molecule has 4 heteroatoms. The third-order valence-corrected chi connectivity index (χ3v) is 7.14. The van der Waals surface area contributed by atoms with Crippen LogP contribution in [0.3, 0.4) is 0 Å². The third kappa shape index (κ3) is 2.11. The molecule has 1 saturated heterocycles. The molecule has 21 heavy (non-hydrogen) atoms. The smallest absolute Gasteiger partial charge is 0.200 e. The summed E-state index contributed by atoms with van der Waals surface area (Å²) in [5.74, 6) is 0. The van der Waals surface area contributed by atoms with Gasteiger partial charge in [0.1, 0.15) is 0 Å². The number of likely N-dealkylation sites (tertiary alicyclic amines) is 1. The van der Waals surface area contributed by atoms with Gasteiger partial charge in [-0.3, -0.25) is 4.90 Å². The molecule has 1 fully saturated rings. The van der Waals surface area contributed by atoms with Crippen LogP contribution in [0, 0.1) is 0 Å². The zero-order chi connectivity index (χ0) is 14.6. The van der Waals surface area contributed by atoms with Crippen molar-refractivity contribution in [2.45, 2.75) is 39.4 Å². The Labute approximate surface area is 133 Å². The molecule has 0 N–H and O–H groups in total. The first-order valence-electron chi connectivity index (χ1n) is 7.28. The van der Waals surface area contributed by atoms with Gasteiger partial charge in [-0.1, -0.05) is 53.4 Å². The van der Waals surface area contributed by atoms with Crippen LogP contribution in [0.5, 0.6) is 0 Å². The molecule has 0 saturated carbocycles. The van der Waals surface area contributed by atoms with Crippen molar-refractivity contribution < 1.29 is 4.39 Å². The minimum absolute atomic E-state index is 0.0584. The van der Waals surface area contributed by atoms with E-state index in [0.717, 1.165) is 22.8 Å². The summed E-state index contributed by atoms with van der Waals surface area (Å²) in [7, 11) is 2.20. The molecular weight excluding hydrogens is 301 g/mol. The molecule has 1 aromatic carbocycles. The predicted molar refractivity (Wildman–Crippen MR) is 88.7 cm³/mol. The minimum atomic E-state index is -0.848. The summed E-state index contributed by atoms with van der Waals surface area (Å²) in [6.07, 6.45) is 8.12. The first kappa shape index (κ1) is 13.9. The molecule has 3 aliphatic rings. The summed E-state index contributed by atoms with van der Waals surface area (Å²) in [4.78, 5) is 3.77. The van der Waals surface area contributed by atoms with Gasteiger partial charge < -0.3 is 0 Å². The van der Waals surface area contributed by atoms with E-state index in [1.54, 1.807) is 0 Å². The fourth-order valence-corrected chi connectivity index (χ4v) is 5.91. The Morgan fingerprint density at radius 1 is 1.29 bits per heavy atom. The molecule has 0 spiro atoms. The van der Waals surface area contributed by atoms with E-state index in [-0.39, 0.29) is 5.41 Å². The van der Waals surface area contributed by atoms with Gasteiger partial charge in [0.2, 0.25) is 4.84 Å². The van der Waals surface area contributed by atoms with E-state index in [1.165, 1.54) is 34.7 Å². The van der Waals surface area contributed by atoms with Gasteiger partial charge in [0, 0.05) is 21.2 Å². The Kier molecular flexibility index (Phi) is 3.25. The van der Waals surface area contributed by atoms with Crippen LogP contribution in [0.2, 0.25) is 0 Å². The number of benzene rings is 1. The highest BCUT2D eigenvalue weighted by molar-refractivity contribution is 8.19. The lowest BCUT2D eigenvalue weighted by Crippen LogP contribution is -2.39. The molecule has 1 aliphatic carbocycles. The van der Waals surface area contributed by atoms with Crippen molar-refractivity contribution in [3.05, 3.63) is 47.6 Å². The largest absolute Gasteiger partial charge is 0.299 e. The summed E-state index contributed by atoms with van der Waals surface area (Å²) in [5.41, 5.74) is 2.72. The Balaban J connectivity index is 1.79. The lowest BCUT2D eigenvalue weighted by molar-refractivity contribution is 0.317. The van der Waals surface area contributed by atoms with Crippen molar-refractivity contribution in [3.8, 4) is 0 Å². The zero-order valence-corrected chi connectivity index (χ0v) is 13.8. The zero-order valence-electron chi connectivity index (χ0n) is 12.2. The average Bonchev–Trinajstić information content (AvgIpc) is 2.99. The molecule has 4 rings (SSSR count). The fraction of sp³-hybridized carbons (Fsp3) is 0.412. The highest BCUT2D eigenvalue weighted by atomic mass is 32.2. The Morgan fingerprint density at radius 3 is 2.95 bits per heavy atom. The number of allylic oxidation sites excluding steroid dienone is 2. The number of likely N-dealkylation sites (N-methyl/N-ethyl adjacent to an activating group) is 1. The highest BCUT2D eigenvalue weighted by Gasteiger charge is 2.45. The second-order valence-corrected chi connectivity index (χ2v) is 8.61. The van der Waals surface area contributed by atoms with Crippen molar-refractivity contribution in [2.75, 3.05) is 13.6 Å². The van der Waals surface area contributed by atoms with E-state index >= 15 is 0 Å². The van der Waals surface area contributed by atoms with E-state index in [2.05, 4.69) is 55.3 Å². The van der Waals surface area contributed by atoms with Gasteiger partial charge in [0.25, 0.3) is 0 Å². The summed E-state index contributed by atoms with van der Waals surface area (Å²) in [6, 6.07) is 6.94. The topological polar surface area (TPSA) is 3.24 Å². The van der Waals surface area contributed by atoms with Crippen LogP contribution in [0.4, 0.5) is 4.39 Å². The summed E-state index contributed by atoms with van der Waals surface area (Å²) in [6.45, 7) is 3.26. The second-order valence-electron chi connectivity index (χ2n) is 6.13. The van der Waals surface area contributed by atoms with Gasteiger partial charge in [-0.25, -0.2) is 4.39 Å². The number of hydrogen-bond acceptors (Lipinski definition) is 3. The van der Waals surface area contributed by atoms with Crippen LogP contribution in [0.1, 0.15) is 18.9 Å². The van der Waals surface area contributed by atoms with E-state index in [0.29, 0.717) is 6.04 Å². The number of fused-ring (bicyclic) bond motifs is 2. The van der Waals surface area contributed by atoms with Crippen molar-refractivity contribution in [3.63, 3.8) is 0 Å². The molecule has 0 aromatic heterocycles. The maximum atomic E-state index is 13.6. The van der Waals surface area contributed by atoms with Crippen molar-refractivity contribution >= 4 is 23.5 Å². The van der Waals surface area contributed by atoms with Crippen LogP contribution in [0.25, 0.3) is 0 Å². The van der Waals surface area contributed by atoms with Crippen LogP contribution in [-0.2, 0) is 5.41 Å². The molecule has 0 amide bonds. The maximum absolute atomic E-state index is 13.6. The lowest BCUT2D eigenvalue weighted by Gasteiger charge is -2.36. The van der Waals surface area contributed by atoms with Crippen LogP contribution in [-0.4, -0.2) is 29.4 Å². The van der Waals surface area contributed by atoms with Gasteiger partial charge in [-0.15, -0.1) is 0 Å². The monoisotopic (exact) mass is 319 g/mol. The quantitative estimate of drug-likeness (QED) is 0.745. The van der Waals surface area contributed by atoms with E-state index < -0.39 is 4.84 Å². The first-order valence-corrected chi connectivity index (χ1v) is 9.04. The maximum Gasteiger partial charge on any atom is 0.200 e. The fourth-order valence-electron chi connectivity index (χ4n) is 3.71. The Morgan fingerprint density at radius 2 is 2.10 bits per heavy atom. The molecule has 2 heterocycles. The number of thioether (sulfide) groups is 2. The normalized spacial score (nSPS) is 34.7. The summed E-state index contributed by atoms with van der Waals surface area (Å²) < 4.78 is 13.6. The van der Waals surface area contributed by atoms with Gasteiger partial charge in [0.05, 0.1) is 0 Å². The van der Waals surface area contributed by atoms with Gasteiger partial charge in [0.15, 0.2) is 0 Å². The molecule has 1 nitrogen and oxygen atoms in total. The number of rotatable bonds is 1. The number of nitrogens with zero attached hydrogens (tertiary/aromatic N) is 1. The summed E-state index contributed by atoms with van der Waals surface area (Å²) in [5, 5.41) is 0. The minimum Gasteiger partial charge on any atom is -0.299 e. The van der Waals surface area contributed by atoms with Crippen molar-refractivity contribution in [1.29, 1.82) is 0 Å². The van der Waals surface area contributed by atoms with Gasteiger partial charge in [-0.2, -0.15) is 0 Å². The van der Waals surface area contributed by atoms with Crippen molar-refractivity contribution in [2.24, 2.45) is 0 Å². The van der Waals surface area contributed by atoms with E-state index in [4.69, 9.17) is 0 Å². The Hall–Kier alpha value is -0.710. The molecule has 3 atom stereocenters. The Bertz CT molecular complexity index is 654. The average molecular weight is 319 g/mol. The third-order valence-electron chi connectivity index (χ3n) is 4.87. The van der Waals surface area contributed by atoms with Crippen molar-refractivity contribution in [1.82, 2.24) is 4.90 Å². The molecular formula is C17H18FNS2. The van der Waals surface area contributed by atoms with Gasteiger partial charge in [-0.05, 0) is 44.6 Å². The SMILES string of the molecule is CC1=C[C@@H]2N(C)CC[C@]2(c2ccc3c(c2)SC(F)S3)C=C1. The predicted octanol–water partition coefficient (Wildman–Crippen LogP) is 4.60. The van der Waals surface area contributed by atoms with E-state index in [1.807, 2.05) is 0 Å². The molecule has 1 aromatic rings. The second kappa shape index (κ2) is 4.90. The summed E-state index contributed by atoms with van der Waals surface area (Å²) >= 11 is 2.67. The number of halogens is 1. The van der Waals surface area contributed by atoms with Gasteiger partial charge >= 0.3 is 0 Å². The molecule has 2 aliphatic heterocycles. The number of alkyl halides is 1. The molecule has 0 radical (unpaired) electrons. The molecule has 0 bridgehead atoms. The van der Waals surface area contributed by atoms with E-state index in [9.17, 15) is 4.39 Å². The highest BCUT2D eigenvalue weighted by Crippen LogP contribution is 2.51. The van der Waals surface area contributed by atoms with Crippen LogP contribution in [0.15, 0.2) is 51.8 Å². The standard InChI is InChI=1S/C17H18FNS2/c1-11-5-6-17(7-8-19(2)15(17)9-11)12-3-4-13-14(10-12)21-16(18)20-13/h3-6,9-10,15-16H,7-8H2,1-2H3/t15-,16?,17-/m0/s1. The van der Waals surface area contributed by atoms with Crippen LogP contribution >= 0.6 is 23.5 Å². The first-order chi connectivity index (χ1) is 10.1. The van der Waals surface area contributed by atoms with Crippen LogP contribution < -0.4 is 0 Å². The molecule has 110 valence electrons. The molecule has 1 unspecified atom stereocenters.